The highest BCUT2D eigenvalue weighted by Crippen LogP contribution is 2.28. The molecule has 0 saturated heterocycles. The van der Waals surface area contributed by atoms with E-state index in [0.29, 0.717) is 54.3 Å². The van der Waals surface area contributed by atoms with Crippen molar-refractivity contribution in [3.05, 3.63) is 59.5 Å². The van der Waals surface area contributed by atoms with Crippen LogP contribution in [0.2, 0.25) is 0 Å². The van der Waals surface area contributed by atoms with Crippen LogP contribution in [0, 0.1) is 0 Å². The number of hydrogen-bond donors (Lipinski definition) is 0. The minimum Gasteiger partial charge on any atom is -0.487 e. The number of thioether (sulfide) groups is 1. The van der Waals surface area contributed by atoms with Gasteiger partial charge in [-0.2, -0.15) is 0 Å². The van der Waals surface area contributed by atoms with Gasteiger partial charge in [-0.1, -0.05) is 24.3 Å². The third-order valence-corrected chi connectivity index (χ3v) is 5.17. The summed E-state index contributed by atoms with van der Waals surface area (Å²) in [5.74, 6) is 1.63. The maximum Gasteiger partial charge on any atom is 0.193 e. The Morgan fingerprint density at radius 3 is 1.72 bits per heavy atom. The molecular formula is C24H26O7S. The number of carbonyl (C=O) groups is 2. The van der Waals surface area contributed by atoms with Crippen molar-refractivity contribution in [3.63, 3.8) is 0 Å². The van der Waals surface area contributed by atoms with Crippen LogP contribution in [0.5, 0.6) is 23.0 Å². The van der Waals surface area contributed by atoms with Crippen molar-refractivity contribution >= 4 is 23.3 Å². The monoisotopic (exact) mass is 458 g/mol. The highest BCUT2D eigenvalue weighted by Gasteiger charge is 2.13. The fourth-order valence-corrected chi connectivity index (χ4v) is 3.41. The molecule has 170 valence electrons. The van der Waals surface area contributed by atoms with E-state index in [4.69, 9.17) is 23.7 Å². The molecule has 0 amide bonds. The zero-order valence-electron chi connectivity index (χ0n) is 17.9. The summed E-state index contributed by atoms with van der Waals surface area (Å²) in [6, 6.07) is 14.3. The number of carbonyl (C=O) groups excluding carboxylic acids is 2. The Kier molecular flexibility index (Phi) is 9.46. The largest absolute Gasteiger partial charge is 0.487 e. The zero-order valence-corrected chi connectivity index (χ0v) is 18.7. The first kappa shape index (κ1) is 23.7. The van der Waals surface area contributed by atoms with E-state index in [9.17, 15) is 9.59 Å². The van der Waals surface area contributed by atoms with E-state index < -0.39 is 0 Å². The summed E-state index contributed by atoms with van der Waals surface area (Å²) < 4.78 is 28.3. The second-order valence-corrected chi connectivity index (χ2v) is 7.71. The Bertz CT molecular complexity index is 941. The summed E-state index contributed by atoms with van der Waals surface area (Å²) in [5.41, 5.74) is 0. The van der Waals surface area contributed by atoms with Gasteiger partial charge in [0, 0.05) is 6.42 Å². The summed E-state index contributed by atoms with van der Waals surface area (Å²) in [5, 5.41) is 0. The molecule has 2 aromatic carbocycles. The Hall–Kier alpha value is -2.97. The van der Waals surface area contributed by atoms with E-state index in [1.54, 1.807) is 30.3 Å². The molecule has 0 spiro atoms. The zero-order chi connectivity index (χ0) is 22.6. The number of allylic oxidation sites excluding steroid dienone is 1. The minimum absolute atomic E-state index is 0.101. The lowest BCUT2D eigenvalue weighted by atomic mass is 10.2. The standard InChI is InChI=1S/C24H26O7S/c1-32-20-14-18(25)16-30-23-8-4-2-6-21(23)28-12-10-27-11-13-29-22-7-3-5-9-24(22)31-17-19(26)15-20/h2-9,14H,10-13,15-17H2,1H3/b20-14+. The van der Waals surface area contributed by atoms with Crippen molar-refractivity contribution in [1.82, 2.24) is 0 Å². The lowest BCUT2D eigenvalue weighted by Crippen LogP contribution is -2.15. The first-order chi connectivity index (χ1) is 15.7. The molecule has 0 N–H and O–H groups in total. The second kappa shape index (κ2) is 12.8. The number of ether oxygens (including phenoxy) is 5. The molecule has 1 heterocycles. The lowest BCUT2D eigenvalue weighted by molar-refractivity contribution is -0.120. The number of Topliss-reactive ketones (excluding diaryl/α,β-unsaturated/α-hetero) is 1. The Labute approximate surface area is 191 Å². The molecule has 32 heavy (non-hydrogen) atoms. The fourth-order valence-electron chi connectivity index (χ4n) is 2.86. The van der Waals surface area contributed by atoms with Gasteiger partial charge in [0.05, 0.1) is 13.2 Å². The number of benzene rings is 2. The maximum atomic E-state index is 12.4. The first-order valence-electron chi connectivity index (χ1n) is 10.2. The van der Waals surface area contributed by atoms with Crippen molar-refractivity contribution in [2.24, 2.45) is 0 Å². The van der Waals surface area contributed by atoms with Crippen LogP contribution in [0.3, 0.4) is 0 Å². The molecule has 0 bridgehead atoms. The number of fused-ring (bicyclic) bond motifs is 2. The van der Waals surface area contributed by atoms with Gasteiger partial charge in [-0.05, 0) is 41.5 Å². The van der Waals surface area contributed by atoms with Gasteiger partial charge < -0.3 is 23.7 Å². The molecule has 1 aliphatic heterocycles. The molecule has 2 aromatic rings. The molecule has 0 saturated carbocycles. The Morgan fingerprint density at radius 1 is 0.688 bits per heavy atom. The van der Waals surface area contributed by atoms with Crippen LogP contribution < -0.4 is 18.9 Å². The molecule has 0 aliphatic carbocycles. The van der Waals surface area contributed by atoms with Gasteiger partial charge in [-0.3, -0.25) is 9.59 Å². The fraction of sp³-hybridized carbons (Fsp3) is 0.333. The quantitative estimate of drug-likeness (QED) is 0.640. The summed E-state index contributed by atoms with van der Waals surface area (Å²) in [6.07, 6.45) is 3.36. The van der Waals surface area contributed by atoms with Gasteiger partial charge in [0.1, 0.15) is 19.8 Å². The van der Waals surface area contributed by atoms with Crippen molar-refractivity contribution in [2.45, 2.75) is 6.42 Å². The second-order valence-electron chi connectivity index (χ2n) is 6.78. The van der Waals surface area contributed by atoms with E-state index in [1.165, 1.54) is 17.8 Å². The summed E-state index contributed by atoms with van der Waals surface area (Å²) in [6.45, 7) is 1.11. The summed E-state index contributed by atoms with van der Waals surface area (Å²) >= 11 is 1.35. The molecule has 0 radical (unpaired) electrons. The van der Waals surface area contributed by atoms with Crippen molar-refractivity contribution in [3.8, 4) is 23.0 Å². The molecule has 0 unspecified atom stereocenters. The van der Waals surface area contributed by atoms with Crippen LogP contribution in [-0.2, 0) is 14.3 Å². The van der Waals surface area contributed by atoms with E-state index in [0.717, 1.165) is 0 Å². The van der Waals surface area contributed by atoms with Gasteiger partial charge in [0.25, 0.3) is 0 Å². The van der Waals surface area contributed by atoms with E-state index in [2.05, 4.69) is 0 Å². The minimum atomic E-state index is -0.241. The predicted octanol–water partition coefficient (Wildman–Crippen LogP) is 3.71. The molecule has 0 fully saturated rings. The van der Waals surface area contributed by atoms with Crippen molar-refractivity contribution in [2.75, 3.05) is 45.9 Å². The summed E-state index contributed by atoms with van der Waals surface area (Å²) in [7, 11) is 0. The highest BCUT2D eigenvalue weighted by molar-refractivity contribution is 8.02. The van der Waals surface area contributed by atoms with Gasteiger partial charge >= 0.3 is 0 Å². The molecule has 7 nitrogen and oxygen atoms in total. The lowest BCUT2D eigenvalue weighted by Gasteiger charge is -2.14. The smallest absolute Gasteiger partial charge is 0.193 e. The molecule has 3 rings (SSSR count). The highest BCUT2D eigenvalue weighted by atomic mass is 32.2. The number of para-hydroxylation sites is 4. The molecule has 0 aromatic heterocycles. The van der Waals surface area contributed by atoms with Crippen LogP contribution in [-0.4, -0.2) is 57.5 Å². The maximum absolute atomic E-state index is 12.4. The number of ketones is 2. The average Bonchev–Trinajstić information content (AvgIpc) is 2.81. The van der Waals surface area contributed by atoms with Gasteiger partial charge in [-0.15, -0.1) is 11.8 Å². The third-order valence-electron chi connectivity index (χ3n) is 4.38. The molecule has 1 aliphatic rings. The molecular weight excluding hydrogens is 432 g/mol. The van der Waals surface area contributed by atoms with Crippen LogP contribution >= 0.6 is 11.8 Å². The first-order valence-corrected chi connectivity index (χ1v) is 11.4. The van der Waals surface area contributed by atoms with Crippen LogP contribution in [0.4, 0.5) is 0 Å². The van der Waals surface area contributed by atoms with E-state index in [-0.39, 0.29) is 31.2 Å². The number of hydrogen-bond acceptors (Lipinski definition) is 8. The Balaban J connectivity index is 1.72. The van der Waals surface area contributed by atoms with Crippen molar-refractivity contribution in [1.29, 1.82) is 0 Å². The normalized spacial score (nSPS) is 18.3. The van der Waals surface area contributed by atoms with Crippen molar-refractivity contribution < 1.29 is 33.3 Å². The third kappa shape index (κ3) is 7.62. The van der Waals surface area contributed by atoms with Gasteiger partial charge in [0.15, 0.2) is 41.2 Å². The SMILES string of the molecule is CS/C1=C/C(=O)COc2ccccc2OCCOCCOc2ccccc2OCC(=O)C1. The van der Waals surface area contributed by atoms with Crippen LogP contribution in [0.25, 0.3) is 0 Å². The molecule has 8 heteroatoms. The number of rotatable bonds is 1. The Morgan fingerprint density at radius 2 is 1.19 bits per heavy atom. The van der Waals surface area contributed by atoms with E-state index in [1.807, 2.05) is 24.5 Å². The topological polar surface area (TPSA) is 80.3 Å². The van der Waals surface area contributed by atoms with Crippen LogP contribution in [0.1, 0.15) is 6.42 Å². The molecule has 0 atom stereocenters. The average molecular weight is 459 g/mol. The van der Waals surface area contributed by atoms with E-state index >= 15 is 0 Å². The van der Waals surface area contributed by atoms with Crippen LogP contribution in [0.15, 0.2) is 59.5 Å². The predicted molar refractivity (Wildman–Crippen MR) is 122 cm³/mol. The van der Waals surface area contributed by atoms with Gasteiger partial charge in [0.2, 0.25) is 0 Å². The van der Waals surface area contributed by atoms with Gasteiger partial charge in [-0.25, -0.2) is 0 Å². The summed E-state index contributed by atoms with van der Waals surface area (Å²) in [4.78, 5) is 25.4.